The maximum Gasteiger partial charge on any atom is 0.156 e. The van der Waals surface area contributed by atoms with Crippen molar-refractivity contribution in [2.24, 2.45) is 0 Å². The standard InChI is InChI=1S/C48H36N7/c1-32(33-10-13-35(14-11-33)53-45-8-4-2-6-39(45)41-22-24-49-30-47(41)53)34-12-20-43(51-28-34)44-21-19-38(29-52-44)55(26-27-55)37-17-15-36(16-18-37)54-46-9-5-3-7-40(46)42-23-25-50-31-48(42)54/h2-25,28-32H,26-27H2,1H3/q+1. The van der Waals surface area contributed by atoms with Gasteiger partial charge in [-0.05, 0) is 71.8 Å². The molecule has 6 aromatic heterocycles. The zero-order chi connectivity index (χ0) is 36.5. The number of para-hydroxylation sites is 2. The summed E-state index contributed by atoms with van der Waals surface area (Å²) in [7, 11) is 0. The van der Waals surface area contributed by atoms with Crippen LogP contribution in [0, 0.1) is 0 Å². The Kier molecular flexibility index (Phi) is 7.06. The summed E-state index contributed by atoms with van der Waals surface area (Å²) in [4.78, 5) is 18.7. The third kappa shape index (κ3) is 5.01. The van der Waals surface area contributed by atoms with E-state index in [1.54, 1.807) is 0 Å². The summed E-state index contributed by atoms with van der Waals surface area (Å²) in [5.74, 6) is 0.191. The minimum atomic E-state index is 0.191. The highest BCUT2D eigenvalue weighted by atomic mass is 15.5. The number of aromatic nitrogens is 6. The molecule has 0 N–H and O–H groups in total. The molecule has 1 saturated heterocycles. The Morgan fingerprint density at radius 2 is 0.945 bits per heavy atom. The van der Waals surface area contributed by atoms with Gasteiger partial charge in [0.1, 0.15) is 18.8 Å². The predicted octanol–water partition coefficient (Wildman–Crippen LogP) is 10.9. The Bertz CT molecular complexity index is 2920. The molecule has 0 spiro atoms. The second kappa shape index (κ2) is 12.3. The maximum atomic E-state index is 4.92. The van der Waals surface area contributed by atoms with E-state index in [1.165, 1.54) is 55.1 Å². The predicted molar refractivity (Wildman–Crippen MR) is 223 cm³/mol. The van der Waals surface area contributed by atoms with Crippen LogP contribution in [0.1, 0.15) is 24.0 Å². The molecular weight excluding hydrogens is 675 g/mol. The van der Waals surface area contributed by atoms with Crippen LogP contribution in [0.3, 0.4) is 0 Å². The van der Waals surface area contributed by atoms with E-state index in [9.17, 15) is 0 Å². The van der Waals surface area contributed by atoms with Gasteiger partial charge in [0.05, 0.1) is 52.0 Å². The van der Waals surface area contributed by atoms with Crippen LogP contribution in [0.15, 0.2) is 171 Å². The van der Waals surface area contributed by atoms with Crippen LogP contribution in [0.5, 0.6) is 0 Å². The highest BCUT2D eigenvalue weighted by Gasteiger charge is 2.47. The molecule has 10 aromatic rings. The average Bonchev–Trinajstić information content (AvgIpc) is 3.91. The van der Waals surface area contributed by atoms with Gasteiger partial charge in [-0.15, -0.1) is 0 Å². The molecule has 11 rings (SSSR count). The molecule has 0 saturated carbocycles. The van der Waals surface area contributed by atoms with Crippen molar-refractivity contribution in [3.05, 3.63) is 182 Å². The van der Waals surface area contributed by atoms with E-state index < -0.39 is 0 Å². The van der Waals surface area contributed by atoms with Gasteiger partial charge in [0.25, 0.3) is 0 Å². The van der Waals surface area contributed by atoms with Gasteiger partial charge in [0, 0.05) is 75.6 Å². The Hall–Kier alpha value is -6.96. The molecule has 1 atom stereocenters. The fourth-order valence-electron chi connectivity index (χ4n) is 8.55. The molecule has 4 aromatic carbocycles. The average molecular weight is 711 g/mol. The van der Waals surface area contributed by atoms with Crippen molar-refractivity contribution in [3.63, 3.8) is 0 Å². The van der Waals surface area contributed by atoms with Gasteiger partial charge in [-0.1, -0.05) is 61.5 Å². The number of nitrogens with zero attached hydrogens (tertiary/aromatic N) is 7. The summed E-state index contributed by atoms with van der Waals surface area (Å²) in [5, 5.41) is 4.90. The second-order valence-electron chi connectivity index (χ2n) is 14.6. The molecule has 1 unspecified atom stereocenters. The molecule has 0 radical (unpaired) electrons. The van der Waals surface area contributed by atoms with Crippen LogP contribution in [0.4, 0.5) is 11.4 Å². The molecule has 1 fully saturated rings. The number of hydrogen-bond donors (Lipinski definition) is 0. The number of benzene rings is 4. The van der Waals surface area contributed by atoms with Crippen molar-refractivity contribution in [1.82, 2.24) is 33.6 Å². The first-order chi connectivity index (χ1) is 27.2. The van der Waals surface area contributed by atoms with Crippen LogP contribution < -0.4 is 4.48 Å². The van der Waals surface area contributed by atoms with Crippen LogP contribution in [-0.4, -0.2) is 42.2 Å². The lowest BCUT2D eigenvalue weighted by Gasteiger charge is -2.18. The van der Waals surface area contributed by atoms with E-state index in [-0.39, 0.29) is 5.92 Å². The van der Waals surface area contributed by atoms with Crippen LogP contribution >= 0.6 is 0 Å². The molecular formula is C48H36N7+. The Balaban J connectivity index is 0.819. The monoisotopic (exact) mass is 710 g/mol. The van der Waals surface area contributed by atoms with E-state index in [4.69, 9.17) is 9.97 Å². The lowest BCUT2D eigenvalue weighted by molar-refractivity contribution is 0.738. The van der Waals surface area contributed by atoms with E-state index in [0.717, 1.165) is 51.4 Å². The molecule has 262 valence electrons. The molecule has 7 heterocycles. The topological polar surface area (TPSA) is 61.4 Å². The van der Waals surface area contributed by atoms with Crippen molar-refractivity contribution in [2.45, 2.75) is 12.8 Å². The van der Waals surface area contributed by atoms with Crippen molar-refractivity contribution in [1.29, 1.82) is 0 Å². The molecule has 55 heavy (non-hydrogen) atoms. The van der Waals surface area contributed by atoms with Crippen molar-refractivity contribution >= 4 is 55.0 Å². The van der Waals surface area contributed by atoms with Gasteiger partial charge >= 0.3 is 0 Å². The highest BCUT2D eigenvalue weighted by molar-refractivity contribution is 6.09. The van der Waals surface area contributed by atoms with Gasteiger partial charge in [0.2, 0.25) is 0 Å². The van der Waals surface area contributed by atoms with Crippen LogP contribution in [0.2, 0.25) is 0 Å². The quantitative estimate of drug-likeness (QED) is 0.122. The minimum absolute atomic E-state index is 0.191. The number of pyridine rings is 4. The zero-order valence-electron chi connectivity index (χ0n) is 30.3. The fraction of sp³-hybridized carbons (Fsp3) is 0.0833. The molecule has 0 bridgehead atoms. The summed E-state index contributed by atoms with van der Waals surface area (Å²) in [6.07, 6.45) is 11.7. The first-order valence-electron chi connectivity index (χ1n) is 18.8. The minimum Gasteiger partial charge on any atom is -0.308 e. The van der Waals surface area contributed by atoms with E-state index in [1.807, 2.05) is 37.2 Å². The first-order valence-corrected chi connectivity index (χ1v) is 18.8. The fourth-order valence-corrected chi connectivity index (χ4v) is 8.55. The van der Waals surface area contributed by atoms with Crippen molar-refractivity contribution in [3.8, 4) is 22.8 Å². The number of quaternary nitrogens is 1. The zero-order valence-corrected chi connectivity index (χ0v) is 30.3. The van der Waals surface area contributed by atoms with Gasteiger partial charge in [-0.25, -0.2) is 9.47 Å². The largest absolute Gasteiger partial charge is 0.308 e. The van der Waals surface area contributed by atoms with Gasteiger partial charge in [-0.2, -0.15) is 0 Å². The summed E-state index contributed by atoms with van der Waals surface area (Å²) in [6.45, 7) is 4.35. The van der Waals surface area contributed by atoms with Crippen molar-refractivity contribution in [2.75, 3.05) is 13.1 Å². The maximum absolute atomic E-state index is 4.92. The normalized spacial score (nSPS) is 14.2. The summed E-state index contributed by atoms with van der Waals surface area (Å²) in [5.41, 5.74) is 13.5. The molecule has 1 aliphatic rings. The lowest BCUT2D eigenvalue weighted by atomic mass is 9.94. The molecule has 1 aliphatic heterocycles. The highest BCUT2D eigenvalue weighted by Crippen LogP contribution is 2.43. The first kappa shape index (κ1) is 31.6. The summed E-state index contributed by atoms with van der Waals surface area (Å²) in [6, 6.07) is 47.8. The summed E-state index contributed by atoms with van der Waals surface area (Å²) >= 11 is 0. The number of hydrogen-bond acceptors (Lipinski definition) is 4. The molecule has 7 nitrogen and oxygen atoms in total. The lowest BCUT2D eigenvalue weighted by Crippen LogP contribution is -2.18. The second-order valence-corrected chi connectivity index (χ2v) is 14.6. The van der Waals surface area contributed by atoms with Gasteiger partial charge in [0.15, 0.2) is 5.69 Å². The Morgan fingerprint density at radius 3 is 1.47 bits per heavy atom. The SMILES string of the molecule is CC(c1ccc(-n2c3ccccc3c3ccncc32)cc1)c1ccc(-c2ccc([N+]3(c4ccc(-n5c6ccccc6c6ccncc65)cc4)CC3)cn2)nc1. The Morgan fingerprint density at radius 1 is 0.455 bits per heavy atom. The van der Waals surface area contributed by atoms with E-state index in [0.29, 0.717) is 0 Å². The Labute approximate surface area is 318 Å². The van der Waals surface area contributed by atoms with E-state index >= 15 is 0 Å². The number of fused-ring (bicyclic) bond motifs is 6. The summed E-state index contributed by atoms with van der Waals surface area (Å²) < 4.78 is 5.41. The van der Waals surface area contributed by atoms with Gasteiger partial charge < -0.3 is 9.13 Å². The van der Waals surface area contributed by atoms with Gasteiger partial charge in [-0.3, -0.25) is 15.0 Å². The smallest absolute Gasteiger partial charge is 0.156 e. The number of rotatable bonds is 7. The van der Waals surface area contributed by atoms with Crippen molar-refractivity contribution < 1.29 is 0 Å². The molecule has 0 aliphatic carbocycles. The van der Waals surface area contributed by atoms with E-state index in [2.05, 4.69) is 159 Å². The van der Waals surface area contributed by atoms with Crippen LogP contribution in [0.25, 0.3) is 66.4 Å². The molecule has 0 amide bonds. The van der Waals surface area contributed by atoms with Crippen LogP contribution in [-0.2, 0) is 0 Å². The third-order valence-electron chi connectivity index (χ3n) is 11.7. The molecule has 7 heteroatoms. The third-order valence-corrected chi connectivity index (χ3v) is 11.7.